The van der Waals surface area contributed by atoms with Crippen molar-refractivity contribution in [2.75, 3.05) is 26.7 Å². The number of hydrogen-bond donors (Lipinski definition) is 1. The van der Waals surface area contributed by atoms with Crippen molar-refractivity contribution < 1.29 is 14.4 Å². The Kier molecular flexibility index (Phi) is 5.20. The Morgan fingerprint density at radius 3 is 2.43 bits per heavy atom. The minimum absolute atomic E-state index is 0.0680. The van der Waals surface area contributed by atoms with Crippen LogP contribution in [0.1, 0.15) is 39.0 Å². The van der Waals surface area contributed by atoms with E-state index in [1.807, 2.05) is 9.80 Å². The summed E-state index contributed by atoms with van der Waals surface area (Å²) in [6.45, 7) is 3.83. The maximum Gasteiger partial charge on any atom is 0.226 e. The number of likely N-dealkylation sites (tertiary alicyclic amines) is 2. The Balaban J connectivity index is 1.92. The van der Waals surface area contributed by atoms with E-state index in [4.69, 9.17) is 0 Å². The molecule has 3 amide bonds. The molecule has 0 aromatic carbocycles. The summed E-state index contributed by atoms with van der Waals surface area (Å²) < 4.78 is 0. The number of carbonyl (C=O) groups excluding carboxylic acids is 3. The van der Waals surface area contributed by atoms with E-state index in [1.54, 1.807) is 14.0 Å². The highest BCUT2D eigenvalue weighted by atomic mass is 16.2. The standard InChI is InChI=1S/C15H25N3O3/c1-11(19)17-8-5-13(6-9-17)18-7-3-4-12(15(18)21)10-14(20)16-2/h12-13H,3-10H2,1-2H3,(H,16,20). The van der Waals surface area contributed by atoms with E-state index in [1.165, 1.54) is 0 Å². The van der Waals surface area contributed by atoms with Gasteiger partial charge in [-0.15, -0.1) is 0 Å². The van der Waals surface area contributed by atoms with Gasteiger partial charge in [0, 0.05) is 52.0 Å². The smallest absolute Gasteiger partial charge is 0.226 e. The number of nitrogens with zero attached hydrogens (tertiary/aromatic N) is 2. The molecule has 0 radical (unpaired) electrons. The summed E-state index contributed by atoms with van der Waals surface area (Å²) in [4.78, 5) is 39.2. The molecule has 0 saturated carbocycles. The second kappa shape index (κ2) is 6.91. The van der Waals surface area contributed by atoms with Crippen LogP contribution < -0.4 is 5.32 Å². The molecule has 6 nitrogen and oxygen atoms in total. The van der Waals surface area contributed by atoms with Crippen molar-refractivity contribution in [1.29, 1.82) is 0 Å². The molecule has 2 aliphatic rings. The maximum absolute atomic E-state index is 12.6. The van der Waals surface area contributed by atoms with E-state index in [-0.39, 0.29) is 36.1 Å². The molecule has 0 spiro atoms. The van der Waals surface area contributed by atoms with Gasteiger partial charge in [-0.25, -0.2) is 0 Å². The minimum atomic E-state index is -0.176. The average Bonchev–Trinajstić information content (AvgIpc) is 2.49. The fourth-order valence-electron chi connectivity index (χ4n) is 3.35. The van der Waals surface area contributed by atoms with Crippen LogP contribution in [0, 0.1) is 5.92 Å². The van der Waals surface area contributed by atoms with Gasteiger partial charge in [-0.05, 0) is 25.7 Å². The molecule has 6 heteroatoms. The molecular weight excluding hydrogens is 270 g/mol. The second-order valence-corrected chi connectivity index (χ2v) is 5.99. The van der Waals surface area contributed by atoms with Crippen LogP contribution in [0.4, 0.5) is 0 Å². The van der Waals surface area contributed by atoms with Crippen LogP contribution in [0.5, 0.6) is 0 Å². The van der Waals surface area contributed by atoms with Gasteiger partial charge < -0.3 is 15.1 Å². The van der Waals surface area contributed by atoms with Crippen molar-refractivity contribution >= 4 is 17.7 Å². The molecule has 0 aliphatic carbocycles. The fourth-order valence-corrected chi connectivity index (χ4v) is 3.35. The van der Waals surface area contributed by atoms with Gasteiger partial charge in [-0.1, -0.05) is 0 Å². The van der Waals surface area contributed by atoms with Gasteiger partial charge in [0.2, 0.25) is 17.7 Å². The largest absolute Gasteiger partial charge is 0.359 e. The van der Waals surface area contributed by atoms with E-state index in [2.05, 4.69) is 5.32 Å². The Morgan fingerprint density at radius 1 is 1.19 bits per heavy atom. The van der Waals surface area contributed by atoms with Gasteiger partial charge in [0.25, 0.3) is 0 Å². The minimum Gasteiger partial charge on any atom is -0.359 e. The van der Waals surface area contributed by atoms with E-state index >= 15 is 0 Å². The maximum atomic E-state index is 12.6. The fraction of sp³-hybridized carbons (Fsp3) is 0.800. The molecule has 2 rings (SSSR count). The SMILES string of the molecule is CNC(=O)CC1CCCN(C2CCN(C(C)=O)CC2)C1=O. The van der Waals surface area contributed by atoms with Crippen LogP contribution in [0.25, 0.3) is 0 Å². The summed E-state index contributed by atoms with van der Waals surface area (Å²) >= 11 is 0. The Bertz CT molecular complexity index is 416. The molecule has 2 aliphatic heterocycles. The zero-order chi connectivity index (χ0) is 15.4. The lowest BCUT2D eigenvalue weighted by molar-refractivity contribution is -0.145. The zero-order valence-electron chi connectivity index (χ0n) is 12.9. The first-order chi connectivity index (χ1) is 10.0. The van der Waals surface area contributed by atoms with E-state index < -0.39 is 0 Å². The molecule has 1 unspecified atom stereocenters. The predicted molar refractivity (Wildman–Crippen MR) is 78.4 cm³/mol. The number of rotatable bonds is 3. The number of hydrogen-bond acceptors (Lipinski definition) is 3. The second-order valence-electron chi connectivity index (χ2n) is 5.99. The highest BCUT2D eigenvalue weighted by Gasteiger charge is 2.35. The normalized spacial score (nSPS) is 24.1. The number of carbonyl (C=O) groups is 3. The number of amides is 3. The van der Waals surface area contributed by atoms with Crippen molar-refractivity contribution in [1.82, 2.24) is 15.1 Å². The molecule has 2 heterocycles. The van der Waals surface area contributed by atoms with Gasteiger partial charge in [-0.3, -0.25) is 14.4 Å². The van der Waals surface area contributed by atoms with Gasteiger partial charge in [0.05, 0.1) is 0 Å². The highest BCUT2D eigenvalue weighted by Crippen LogP contribution is 2.26. The Labute approximate surface area is 125 Å². The number of nitrogens with one attached hydrogen (secondary N) is 1. The van der Waals surface area contributed by atoms with Crippen LogP contribution in [0.2, 0.25) is 0 Å². The third-order valence-electron chi connectivity index (χ3n) is 4.65. The molecule has 2 saturated heterocycles. The zero-order valence-corrected chi connectivity index (χ0v) is 12.9. The topological polar surface area (TPSA) is 69.7 Å². The van der Waals surface area contributed by atoms with Gasteiger partial charge in [0.1, 0.15) is 0 Å². The monoisotopic (exact) mass is 295 g/mol. The first-order valence-corrected chi connectivity index (χ1v) is 7.79. The van der Waals surface area contributed by atoms with E-state index in [0.717, 1.165) is 45.3 Å². The molecule has 0 aromatic heterocycles. The first-order valence-electron chi connectivity index (χ1n) is 7.79. The van der Waals surface area contributed by atoms with Crippen LogP contribution in [-0.4, -0.2) is 60.2 Å². The third-order valence-corrected chi connectivity index (χ3v) is 4.65. The van der Waals surface area contributed by atoms with Gasteiger partial charge >= 0.3 is 0 Å². The van der Waals surface area contributed by atoms with Crippen molar-refractivity contribution in [2.24, 2.45) is 5.92 Å². The molecule has 1 atom stereocenters. The average molecular weight is 295 g/mol. The third kappa shape index (κ3) is 3.74. The van der Waals surface area contributed by atoms with Crippen LogP contribution in [0.15, 0.2) is 0 Å². The van der Waals surface area contributed by atoms with Crippen LogP contribution in [-0.2, 0) is 14.4 Å². The molecule has 21 heavy (non-hydrogen) atoms. The summed E-state index contributed by atoms with van der Waals surface area (Å²) in [5, 5.41) is 2.59. The molecular formula is C15H25N3O3. The van der Waals surface area contributed by atoms with Crippen LogP contribution in [0.3, 0.4) is 0 Å². The van der Waals surface area contributed by atoms with Gasteiger partial charge in [-0.2, -0.15) is 0 Å². The molecule has 0 bridgehead atoms. The van der Waals surface area contributed by atoms with Gasteiger partial charge in [0.15, 0.2) is 0 Å². The van der Waals surface area contributed by atoms with E-state index in [9.17, 15) is 14.4 Å². The van der Waals surface area contributed by atoms with Crippen LogP contribution >= 0.6 is 0 Å². The lowest BCUT2D eigenvalue weighted by Gasteiger charge is -2.42. The lowest BCUT2D eigenvalue weighted by atomic mass is 9.90. The predicted octanol–water partition coefficient (Wildman–Crippen LogP) is 0.372. The summed E-state index contributed by atoms with van der Waals surface area (Å²) in [6, 6.07) is 0.223. The van der Waals surface area contributed by atoms with Crippen molar-refractivity contribution in [3.8, 4) is 0 Å². The van der Waals surface area contributed by atoms with Crippen molar-refractivity contribution in [3.63, 3.8) is 0 Å². The van der Waals surface area contributed by atoms with E-state index in [0.29, 0.717) is 0 Å². The summed E-state index contributed by atoms with van der Waals surface area (Å²) in [5.41, 5.74) is 0. The summed E-state index contributed by atoms with van der Waals surface area (Å²) in [6.07, 6.45) is 3.74. The molecule has 1 N–H and O–H groups in total. The first kappa shape index (κ1) is 15.8. The quantitative estimate of drug-likeness (QED) is 0.818. The lowest BCUT2D eigenvalue weighted by Crippen LogP contribution is -2.52. The van der Waals surface area contributed by atoms with Crippen molar-refractivity contribution in [2.45, 2.75) is 45.1 Å². The molecule has 2 fully saturated rings. The molecule has 0 aromatic rings. The summed E-state index contributed by atoms with van der Waals surface area (Å²) in [5.74, 6) is -0.0202. The summed E-state index contributed by atoms with van der Waals surface area (Å²) in [7, 11) is 1.60. The molecule has 118 valence electrons. The Morgan fingerprint density at radius 2 is 1.86 bits per heavy atom. The Hall–Kier alpha value is -1.59. The number of piperidine rings is 2. The van der Waals surface area contributed by atoms with Crippen molar-refractivity contribution in [3.05, 3.63) is 0 Å². The highest BCUT2D eigenvalue weighted by molar-refractivity contribution is 5.86.